The van der Waals surface area contributed by atoms with Gasteiger partial charge in [-0.05, 0) is 61.7 Å². The number of hydrogen-bond donors (Lipinski definition) is 2. The van der Waals surface area contributed by atoms with Crippen molar-refractivity contribution in [1.82, 2.24) is 9.55 Å². The fourth-order valence-corrected chi connectivity index (χ4v) is 3.66. The van der Waals surface area contributed by atoms with Crippen LogP contribution in [0, 0.1) is 12.8 Å². The predicted octanol–water partition coefficient (Wildman–Crippen LogP) is 4.56. The van der Waals surface area contributed by atoms with E-state index in [-0.39, 0.29) is 17.7 Å². The van der Waals surface area contributed by atoms with Gasteiger partial charge in [0.1, 0.15) is 0 Å². The number of rotatable bonds is 5. The van der Waals surface area contributed by atoms with E-state index in [4.69, 9.17) is 0 Å². The molecule has 2 aromatic carbocycles. The summed E-state index contributed by atoms with van der Waals surface area (Å²) >= 11 is 0. The molecule has 0 spiro atoms. The molecule has 1 saturated carbocycles. The van der Waals surface area contributed by atoms with Gasteiger partial charge in [-0.25, -0.2) is 4.98 Å². The van der Waals surface area contributed by atoms with Crippen molar-refractivity contribution in [3.8, 4) is 5.69 Å². The van der Waals surface area contributed by atoms with Crippen molar-refractivity contribution in [3.05, 3.63) is 72.3 Å². The van der Waals surface area contributed by atoms with E-state index in [1.54, 1.807) is 24.7 Å². The Hall–Kier alpha value is -3.41. The van der Waals surface area contributed by atoms with E-state index in [0.29, 0.717) is 16.9 Å². The van der Waals surface area contributed by atoms with Crippen LogP contribution in [0.4, 0.5) is 11.4 Å². The zero-order valence-corrected chi connectivity index (χ0v) is 16.4. The SMILES string of the molecule is Cc1ccc(NC(=O)C2CCCC2)cc1NC(=O)c1ccc(-n2ccnc2)cc1. The van der Waals surface area contributed by atoms with Crippen molar-refractivity contribution in [1.29, 1.82) is 0 Å². The lowest BCUT2D eigenvalue weighted by Gasteiger charge is -2.14. The highest BCUT2D eigenvalue weighted by molar-refractivity contribution is 6.05. The van der Waals surface area contributed by atoms with Crippen LogP contribution in [-0.2, 0) is 4.79 Å². The Bertz CT molecular complexity index is 1000. The first-order valence-corrected chi connectivity index (χ1v) is 9.91. The molecule has 6 nitrogen and oxygen atoms in total. The number of imidazole rings is 1. The number of aryl methyl sites for hydroxylation is 1. The fourth-order valence-electron chi connectivity index (χ4n) is 3.66. The van der Waals surface area contributed by atoms with Gasteiger partial charge < -0.3 is 15.2 Å². The maximum absolute atomic E-state index is 12.7. The van der Waals surface area contributed by atoms with Gasteiger partial charge in [-0.3, -0.25) is 9.59 Å². The minimum Gasteiger partial charge on any atom is -0.326 e. The van der Waals surface area contributed by atoms with Gasteiger partial charge in [0.2, 0.25) is 5.91 Å². The standard InChI is InChI=1S/C23H24N4O2/c1-16-6-9-19(25-22(28)17-4-2-3-5-17)14-21(16)26-23(29)18-7-10-20(11-8-18)27-13-12-24-15-27/h6-15,17H,2-5H2,1H3,(H,25,28)(H,26,29). The summed E-state index contributed by atoms with van der Waals surface area (Å²) in [5.74, 6) is -0.0216. The molecule has 148 valence electrons. The second kappa shape index (κ2) is 8.31. The van der Waals surface area contributed by atoms with Gasteiger partial charge in [0.25, 0.3) is 5.91 Å². The van der Waals surface area contributed by atoms with E-state index in [2.05, 4.69) is 15.6 Å². The number of nitrogens with one attached hydrogen (secondary N) is 2. The maximum Gasteiger partial charge on any atom is 0.255 e. The van der Waals surface area contributed by atoms with Crippen molar-refractivity contribution in [2.75, 3.05) is 10.6 Å². The van der Waals surface area contributed by atoms with Crippen LogP contribution in [0.25, 0.3) is 5.69 Å². The molecule has 0 unspecified atom stereocenters. The van der Waals surface area contributed by atoms with E-state index in [1.807, 2.05) is 48.0 Å². The van der Waals surface area contributed by atoms with Gasteiger partial charge in [0.15, 0.2) is 0 Å². The molecule has 1 heterocycles. The molecular formula is C23H24N4O2. The molecule has 4 rings (SSSR count). The van der Waals surface area contributed by atoms with Crippen molar-refractivity contribution >= 4 is 23.2 Å². The first-order valence-electron chi connectivity index (χ1n) is 9.91. The summed E-state index contributed by atoms with van der Waals surface area (Å²) in [7, 11) is 0. The largest absolute Gasteiger partial charge is 0.326 e. The van der Waals surface area contributed by atoms with Gasteiger partial charge in [-0.15, -0.1) is 0 Å². The summed E-state index contributed by atoms with van der Waals surface area (Å²) in [4.78, 5) is 29.1. The molecule has 0 radical (unpaired) electrons. The number of carbonyl (C=O) groups is 2. The second-order valence-corrected chi connectivity index (χ2v) is 7.47. The predicted molar refractivity (Wildman–Crippen MR) is 113 cm³/mol. The molecule has 1 fully saturated rings. The number of benzene rings is 2. The summed E-state index contributed by atoms with van der Waals surface area (Å²) in [6, 6.07) is 12.9. The van der Waals surface area contributed by atoms with Gasteiger partial charge in [-0.1, -0.05) is 18.9 Å². The third kappa shape index (κ3) is 4.37. The lowest BCUT2D eigenvalue weighted by molar-refractivity contribution is -0.119. The highest BCUT2D eigenvalue weighted by atomic mass is 16.2. The van der Waals surface area contributed by atoms with Crippen LogP contribution in [0.2, 0.25) is 0 Å². The minimum atomic E-state index is -0.190. The molecule has 0 bridgehead atoms. The molecule has 6 heteroatoms. The molecule has 2 N–H and O–H groups in total. The van der Waals surface area contributed by atoms with E-state index in [0.717, 1.165) is 36.9 Å². The van der Waals surface area contributed by atoms with Crippen LogP contribution < -0.4 is 10.6 Å². The average Bonchev–Trinajstić information content (AvgIpc) is 3.45. The molecule has 0 saturated heterocycles. The third-order valence-corrected chi connectivity index (χ3v) is 5.41. The van der Waals surface area contributed by atoms with Crippen LogP contribution in [-0.4, -0.2) is 21.4 Å². The molecule has 2 amide bonds. The highest BCUT2D eigenvalue weighted by Gasteiger charge is 2.22. The van der Waals surface area contributed by atoms with Crippen LogP contribution in [0.15, 0.2) is 61.2 Å². The first kappa shape index (κ1) is 18.9. The van der Waals surface area contributed by atoms with E-state index >= 15 is 0 Å². The summed E-state index contributed by atoms with van der Waals surface area (Å²) < 4.78 is 1.88. The second-order valence-electron chi connectivity index (χ2n) is 7.47. The van der Waals surface area contributed by atoms with E-state index in [9.17, 15) is 9.59 Å². The van der Waals surface area contributed by atoms with E-state index < -0.39 is 0 Å². The van der Waals surface area contributed by atoms with Crippen molar-refractivity contribution in [2.24, 2.45) is 5.92 Å². The molecule has 0 aliphatic heterocycles. The molecule has 1 aliphatic carbocycles. The Morgan fingerprint density at radius 2 is 1.79 bits per heavy atom. The third-order valence-electron chi connectivity index (χ3n) is 5.41. The van der Waals surface area contributed by atoms with E-state index in [1.165, 1.54) is 0 Å². The van der Waals surface area contributed by atoms with Crippen LogP contribution in [0.5, 0.6) is 0 Å². The zero-order chi connectivity index (χ0) is 20.2. The number of amides is 2. The summed E-state index contributed by atoms with van der Waals surface area (Å²) in [5, 5.41) is 5.94. The maximum atomic E-state index is 12.7. The van der Waals surface area contributed by atoms with Crippen molar-refractivity contribution < 1.29 is 9.59 Å². The van der Waals surface area contributed by atoms with Crippen molar-refractivity contribution in [2.45, 2.75) is 32.6 Å². The van der Waals surface area contributed by atoms with Crippen LogP contribution >= 0.6 is 0 Å². The van der Waals surface area contributed by atoms with Gasteiger partial charge in [-0.2, -0.15) is 0 Å². The van der Waals surface area contributed by atoms with Crippen LogP contribution in [0.3, 0.4) is 0 Å². The number of hydrogen-bond acceptors (Lipinski definition) is 3. The monoisotopic (exact) mass is 388 g/mol. The summed E-state index contributed by atoms with van der Waals surface area (Å²) in [6.45, 7) is 1.93. The molecular weight excluding hydrogens is 364 g/mol. The molecule has 1 aliphatic rings. The Labute approximate surface area is 170 Å². The first-order chi connectivity index (χ1) is 14.1. The number of nitrogens with zero attached hydrogens (tertiary/aromatic N) is 2. The quantitative estimate of drug-likeness (QED) is 0.673. The highest BCUT2D eigenvalue weighted by Crippen LogP contribution is 2.27. The lowest BCUT2D eigenvalue weighted by Crippen LogP contribution is -2.20. The fraction of sp³-hybridized carbons (Fsp3) is 0.261. The van der Waals surface area contributed by atoms with Crippen molar-refractivity contribution in [3.63, 3.8) is 0 Å². The smallest absolute Gasteiger partial charge is 0.255 e. The Morgan fingerprint density at radius 3 is 2.48 bits per heavy atom. The molecule has 3 aromatic rings. The topological polar surface area (TPSA) is 76.0 Å². The average molecular weight is 388 g/mol. The summed E-state index contributed by atoms with van der Waals surface area (Å²) in [6.07, 6.45) is 9.42. The van der Waals surface area contributed by atoms with Gasteiger partial charge in [0, 0.05) is 40.9 Å². The molecule has 1 aromatic heterocycles. The zero-order valence-electron chi connectivity index (χ0n) is 16.4. The van der Waals surface area contributed by atoms with Crippen LogP contribution in [0.1, 0.15) is 41.6 Å². The normalized spacial score (nSPS) is 14.0. The number of anilines is 2. The Balaban J connectivity index is 1.45. The van der Waals surface area contributed by atoms with Gasteiger partial charge in [0.05, 0.1) is 6.33 Å². The summed E-state index contributed by atoms with van der Waals surface area (Å²) in [5.41, 5.74) is 3.84. The number of aromatic nitrogens is 2. The Morgan fingerprint density at radius 1 is 1.03 bits per heavy atom. The Kier molecular flexibility index (Phi) is 5.42. The lowest BCUT2D eigenvalue weighted by atomic mass is 10.1. The van der Waals surface area contributed by atoms with Gasteiger partial charge >= 0.3 is 0 Å². The minimum absolute atomic E-state index is 0.0683. The number of carbonyl (C=O) groups excluding carboxylic acids is 2. The molecule has 0 atom stereocenters. The molecule has 29 heavy (non-hydrogen) atoms.